The third-order valence-corrected chi connectivity index (χ3v) is 3.34. The molecule has 102 valence electrons. The fourth-order valence-electron chi connectivity index (χ4n) is 2.22. The van der Waals surface area contributed by atoms with Gasteiger partial charge in [0.05, 0.1) is 0 Å². The van der Waals surface area contributed by atoms with Crippen LogP contribution in [-0.2, 0) is 0 Å². The number of hydrogen-bond acceptors (Lipinski definition) is 3. The molecule has 0 atom stereocenters. The molecule has 2 rings (SSSR count). The lowest BCUT2D eigenvalue weighted by atomic mass is 10.1. The summed E-state index contributed by atoms with van der Waals surface area (Å²) in [7, 11) is 0. The van der Waals surface area contributed by atoms with Gasteiger partial charge in [-0.15, -0.1) is 0 Å². The van der Waals surface area contributed by atoms with Gasteiger partial charge in [-0.25, -0.2) is 0 Å². The molecule has 0 spiro atoms. The Morgan fingerprint density at radius 2 is 1.68 bits per heavy atom. The molecule has 1 saturated heterocycles. The molecule has 5 nitrogen and oxygen atoms in total. The predicted octanol–water partition coefficient (Wildman–Crippen LogP) is 0.611. The maximum atomic E-state index is 11.9. The summed E-state index contributed by atoms with van der Waals surface area (Å²) in [5.41, 5.74) is 6.10. The van der Waals surface area contributed by atoms with Crippen molar-refractivity contribution in [3.05, 3.63) is 35.4 Å². The van der Waals surface area contributed by atoms with Gasteiger partial charge in [-0.1, -0.05) is 0 Å². The normalized spacial score (nSPS) is 15.4. The van der Waals surface area contributed by atoms with Crippen LogP contribution in [0.5, 0.6) is 0 Å². The Hall–Kier alpha value is -1.88. The summed E-state index contributed by atoms with van der Waals surface area (Å²) in [4.78, 5) is 25.1. The molecule has 0 bridgehead atoms. The fourth-order valence-corrected chi connectivity index (χ4v) is 2.22. The van der Waals surface area contributed by atoms with Crippen molar-refractivity contribution in [1.29, 1.82) is 0 Å². The van der Waals surface area contributed by atoms with Crippen LogP contribution < -0.4 is 11.1 Å². The van der Waals surface area contributed by atoms with Crippen LogP contribution in [0.2, 0.25) is 0 Å². The zero-order valence-electron chi connectivity index (χ0n) is 10.9. The molecule has 2 amide bonds. The van der Waals surface area contributed by atoms with E-state index in [-0.39, 0.29) is 5.91 Å². The van der Waals surface area contributed by atoms with Crippen LogP contribution in [-0.4, -0.2) is 42.9 Å². The van der Waals surface area contributed by atoms with Crippen LogP contribution >= 0.6 is 0 Å². The maximum Gasteiger partial charge on any atom is 0.251 e. The van der Waals surface area contributed by atoms with Gasteiger partial charge in [0.1, 0.15) is 0 Å². The highest BCUT2D eigenvalue weighted by Gasteiger charge is 2.11. The average molecular weight is 261 g/mol. The molecule has 1 aliphatic heterocycles. The van der Waals surface area contributed by atoms with Gasteiger partial charge in [-0.3, -0.25) is 9.59 Å². The number of nitrogens with one attached hydrogen (secondary N) is 1. The molecule has 1 aromatic rings. The summed E-state index contributed by atoms with van der Waals surface area (Å²) in [6, 6.07) is 6.37. The number of benzene rings is 1. The summed E-state index contributed by atoms with van der Waals surface area (Å²) in [5, 5.41) is 2.88. The van der Waals surface area contributed by atoms with Crippen LogP contribution in [0.25, 0.3) is 0 Å². The van der Waals surface area contributed by atoms with Gasteiger partial charge in [0, 0.05) is 24.2 Å². The van der Waals surface area contributed by atoms with Gasteiger partial charge in [-0.2, -0.15) is 0 Å². The SMILES string of the molecule is NC(=O)c1ccc(C(=O)NCCN2CCCC2)cc1. The fraction of sp³-hybridized carbons (Fsp3) is 0.429. The highest BCUT2D eigenvalue weighted by atomic mass is 16.2. The quantitative estimate of drug-likeness (QED) is 0.815. The third-order valence-electron chi connectivity index (χ3n) is 3.34. The number of nitrogens with zero attached hydrogens (tertiary/aromatic N) is 1. The van der Waals surface area contributed by atoms with E-state index in [0.717, 1.165) is 19.6 Å². The highest BCUT2D eigenvalue weighted by Crippen LogP contribution is 2.06. The van der Waals surface area contributed by atoms with E-state index in [9.17, 15) is 9.59 Å². The van der Waals surface area contributed by atoms with E-state index < -0.39 is 5.91 Å². The third kappa shape index (κ3) is 3.79. The van der Waals surface area contributed by atoms with Crippen molar-refractivity contribution < 1.29 is 9.59 Å². The van der Waals surface area contributed by atoms with E-state index in [1.54, 1.807) is 24.3 Å². The zero-order chi connectivity index (χ0) is 13.7. The second-order valence-corrected chi connectivity index (χ2v) is 4.75. The van der Waals surface area contributed by atoms with Gasteiger partial charge in [0.2, 0.25) is 5.91 Å². The first-order valence-electron chi connectivity index (χ1n) is 6.57. The van der Waals surface area contributed by atoms with Crippen LogP contribution in [0.3, 0.4) is 0 Å². The van der Waals surface area contributed by atoms with E-state index in [4.69, 9.17) is 5.73 Å². The lowest BCUT2D eigenvalue weighted by molar-refractivity contribution is 0.0947. The smallest absolute Gasteiger partial charge is 0.251 e. The lowest BCUT2D eigenvalue weighted by Gasteiger charge is -2.14. The number of likely N-dealkylation sites (tertiary alicyclic amines) is 1. The molecule has 5 heteroatoms. The molecule has 0 unspecified atom stereocenters. The Bertz CT molecular complexity index is 450. The van der Waals surface area contributed by atoms with E-state index >= 15 is 0 Å². The molecule has 1 aromatic carbocycles. The van der Waals surface area contributed by atoms with Crippen LogP contribution in [0.15, 0.2) is 24.3 Å². The monoisotopic (exact) mass is 261 g/mol. The standard InChI is InChI=1S/C14H19N3O2/c15-13(18)11-3-5-12(6-4-11)14(19)16-7-10-17-8-1-2-9-17/h3-6H,1-2,7-10H2,(H2,15,18)(H,16,19). The Morgan fingerprint density at radius 1 is 1.11 bits per heavy atom. The average Bonchev–Trinajstić information content (AvgIpc) is 2.92. The van der Waals surface area contributed by atoms with Crippen molar-refractivity contribution >= 4 is 11.8 Å². The molecular weight excluding hydrogens is 242 g/mol. The number of hydrogen-bond donors (Lipinski definition) is 2. The summed E-state index contributed by atoms with van der Waals surface area (Å²) in [5.74, 6) is -0.601. The molecule has 0 aliphatic carbocycles. The van der Waals surface area contributed by atoms with Crippen LogP contribution in [0.1, 0.15) is 33.6 Å². The number of amides is 2. The van der Waals surface area contributed by atoms with Gasteiger partial charge in [-0.05, 0) is 50.2 Å². The largest absolute Gasteiger partial charge is 0.366 e. The van der Waals surface area contributed by atoms with E-state index in [1.165, 1.54) is 12.8 Å². The highest BCUT2D eigenvalue weighted by molar-refractivity contribution is 5.97. The molecule has 19 heavy (non-hydrogen) atoms. The van der Waals surface area contributed by atoms with Gasteiger partial charge in [0.15, 0.2) is 0 Å². The maximum absolute atomic E-state index is 11.9. The summed E-state index contributed by atoms with van der Waals surface area (Å²) >= 11 is 0. The molecule has 0 saturated carbocycles. The minimum Gasteiger partial charge on any atom is -0.366 e. The number of primary amides is 1. The van der Waals surface area contributed by atoms with Crippen LogP contribution in [0.4, 0.5) is 0 Å². The van der Waals surface area contributed by atoms with Gasteiger partial charge >= 0.3 is 0 Å². The Balaban J connectivity index is 1.80. The van der Waals surface area contributed by atoms with Gasteiger partial charge in [0.25, 0.3) is 5.91 Å². The molecule has 0 aromatic heterocycles. The van der Waals surface area contributed by atoms with Crippen LogP contribution in [0, 0.1) is 0 Å². The molecule has 3 N–H and O–H groups in total. The van der Waals surface area contributed by atoms with Crippen molar-refractivity contribution in [2.75, 3.05) is 26.2 Å². The second kappa shape index (κ2) is 6.33. The molecular formula is C14H19N3O2. The number of carbonyl (C=O) groups is 2. The van der Waals surface area contributed by atoms with E-state index in [1.807, 2.05) is 0 Å². The molecule has 1 aliphatic rings. The first kappa shape index (κ1) is 13.5. The minimum absolute atomic E-state index is 0.116. The minimum atomic E-state index is -0.485. The van der Waals surface area contributed by atoms with Gasteiger partial charge < -0.3 is 16.0 Å². The van der Waals surface area contributed by atoms with E-state index in [2.05, 4.69) is 10.2 Å². The number of carbonyl (C=O) groups excluding carboxylic acids is 2. The molecule has 1 heterocycles. The summed E-state index contributed by atoms with van der Waals surface area (Å²) in [6.07, 6.45) is 2.51. The van der Waals surface area contributed by atoms with Crippen molar-refractivity contribution in [2.24, 2.45) is 5.73 Å². The van der Waals surface area contributed by atoms with E-state index in [0.29, 0.717) is 17.7 Å². The lowest BCUT2D eigenvalue weighted by Crippen LogP contribution is -2.33. The zero-order valence-corrected chi connectivity index (χ0v) is 10.9. The Kier molecular flexibility index (Phi) is 4.52. The number of rotatable bonds is 5. The van der Waals surface area contributed by atoms with Crippen molar-refractivity contribution in [3.8, 4) is 0 Å². The molecule has 1 fully saturated rings. The Labute approximate surface area is 112 Å². The topological polar surface area (TPSA) is 75.4 Å². The molecule has 0 radical (unpaired) electrons. The van der Waals surface area contributed by atoms with Crippen molar-refractivity contribution in [3.63, 3.8) is 0 Å². The predicted molar refractivity (Wildman–Crippen MR) is 73.0 cm³/mol. The first-order chi connectivity index (χ1) is 9.16. The number of nitrogens with two attached hydrogens (primary N) is 1. The Morgan fingerprint density at radius 3 is 2.26 bits per heavy atom. The van der Waals surface area contributed by atoms with Crippen molar-refractivity contribution in [1.82, 2.24) is 10.2 Å². The van der Waals surface area contributed by atoms with Crippen molar-refractivity contribution in [2.45, 2.75) is 12.8 Å². The summed E-state index contributed by atoms with van der Waals surface area (Å²) in [6.45, 7) is 3.80. The first-order valence-corrected chi connectivity index (χ1v) is 6.57. The summed E-state index contributed by atoms with van der Waals surface area (Å²) < 4.78 is 0. The second-order valence-electron chi connectivity index (χ2n) is 4.75.